The van der Waals surface area contributed by atoms with E-state index in [4.69, 9.17) is 0 Å². The number of carboxylic acid groups (broad SMARTS) is 1. The van der Waals surface area contributed by atoms with Crippen LogP contribution in [0.15, 0.2) is 35.4 Å². The Labute approximate surface area is 157 Å². The molecular weight excluding hydrogens is 346 g/mol. The van der Waals surface area contributed by atoms with Crippen LogP contribution in [0, 0.1) is 5.92 Å². The molecule has 1 heterocycles. The quantitative estimate of drug-likeness (QED) is 0.811. The molecule has 3 rings (SSSR count). The first kappa shape index (κ1) is 19.1. The third kappa shape index (κ3) is 4.02. The molecule has 27 heavy (non-hydrogen) atoms. The Hall–Kier alpha value is -2.70. The van der Waals surface area contributed by atoms with Crippen LogP contribution >= 0.6 is 0 Å². The monoisotopic (exact) mass is 371 g/mol. The minimum atomic E-state index is -1.19. The molecule has 1 aliphatic rings. The summed E-state index contributed by atoms with van der Waals surface area (Å²) in [4.78, 5) is 40.9. The molecule has 1 aromatic carbocycles. The maximum absolute atomic E-state index is 12.5. The molecule has 0 bridgehead atoms. The Bertz CT molecular complexity index is 897. The van der Waals surface area contributed by atoms with Crippen molar-refractivity contribution in [2.24, 2.45) is 5.92 Å². The molecule has 2 aromatic rings. The summed E-state index contributed by atoms with van der Waals surface area (Å²) in [6, 6.07) is 7.04. The van der Waals surface area contributed by atoms with Crippen molar-refractivity contribution in [3.8, 4) is 0 Å². The first-order valence-electron chi connectivity index (χ1n) is 9.44. The number of rotatable bonds is 6. The van der Waals surface area contributed by atoms with Crippen LogP contribution in [0.1, 0.15) is 45.4 Å². The highest BCUT2D eigenvalue weighted by Gasteiger charge is 2.42. The van der Waals surface area contributed by atoms with E-state index in [-0.39, 0.29) is 24.4 Å². The van der Waals surface area contributed by atoms with Crippen molar-refractivity contribution in [2.75, 3.05) is 0 Å². The van der Waals surface area contributed by atoms with E-state index in [1.807, 2.05) is 6.07 Å². The molecule has 1 aromatic heterocycles. The highest BCUT2D eigenvalue weighted by molar-refractivity contribution is 5.87. The van der Waals surface area contributed by atoms with Gasteiger partial charge in [0.15, 0.2) is 0 Å². The number of benzene rings is 1. The highest BCUT2D eigenvalue weighted by Crippen LogP contribution is 2.34. The zero-order valence-electron chi connectivity index (χ0n) is 15.5. The average Bonchev–Trinajstić information content (AvgIpc) is 2.68. The largest absolute Gasteiger partial charge is 0.480 e. The summed E-state index contributed by atoms with van der Waals surface area (Å²) in [7, 11) is 0. The Morgan fingerprint density at radius 2 is 2.00 bits per heavy atom. The van der Waals surface area contributed by atoms with Crippen LogP contribution in [0.5, 0.6) is 0 Å². The lowest BCUT2D eigenvalue weighted by Gasteiger charge is -2.37. The highest BCUT2D eigenvalue weighted by atomic mass is 16.4. The number of aromatic nitrogens is 2. The van der Waals surface area contributed by atoms with Crippen LogP contribution in [0.3, 0.4) is 0 Å². The number of nitrogens with zero attached hydrogens (tertiary/aromatic N) is 2. The SMILES string of the molecule is CCC1CCC(NC(=O)CCn2cnc3ccccc3c2=O)(C(=O)O)CC1. The number of hydrogen-bond acceptors (Lipinski definition) is 4. The summed E-state index contributed by atoms with van der Waals surface area (Å²) in [6.45, 7) is 2.27. The lowest BCUT2D eigenvalue weighted by atomic mass is 9.75. The minimum absolute atomic E-state index is 0.0339. The fourth-order valence-corrected chi connectivity index (χ4v) is 3.79. The summed E-state index contributed by atoms with van der Waals surface area (Å²) in [5.41, 5.74) is -0.777. The number of carbonyl (C=O) groups excluding carboxylic acids is 1. The predicted octanol–water partition coefficient (Wildman–Crippen LogP) is 2.33. The van der Waals surface area contributed by atoms with Crippen molar-refractivity contribution < 1.29 is 14.7 Å². The minimum Gasteiger partial charge on any atom is -0.480 e. The van der Waals surface area contributed by atoms with Crippen LogP contribution in [0.2, 0.25) is 0 Å². The van der Waals surface area contributed by atoms with Crippen LogP contribution in [-0.2, 0) is 16.1 Å². The van der Waals surface area contributed by atoms with Crippen LogP contribution < -0.4 is 10.9 Å². The third-order valence-corrected chi connectivity index (χ3v) is 5.64. The van der Waals surface area contributed by atoms with Crippen molar-refractivity contribution in [1.82, 2.24) is 14.9 Å². The van der Waals surface area contributed by atoms with E-state index in [1.165, 1.54) is 10.9 Å². The van der Waals surface area contributed by atoms with E-state index in [9.17, 15) is 19.5 Å². The van der Waals surface area contributed by atoms with Gasteiger partial charge in [-0.05, 0) is 43.7 Å². The Kier molecular flexibility index (Phi) is 5.58. The van der Waals surface area contributed by atoms with Gasteiger partial charge in [0.25, 0.3) is 5.56 Å². The van der Waals surface area contributed by atoms with Crippen LogP contribution in [-0.4, -0.2) is 32.1 Å². The molecule has 144 valence electrons. The third-order valence-electron chi connectivity index (χ3n) is 5.64. The normalized spacial score (nSPS) is 22.5. The van der Waals surface area contributed by atoms with Gasteiger partial charge in [-0.1, -0.05) is 25.5 Å². The number of aryl methyl sites for hydroxylation is 1. The zero-order chi connectivity index (χ0) is 19.4. The molecule has 2 N–H and O–H groups in total. The number of fused-ring (bicyclic) bond motifs is 1. The summed E-state index contributed by atoms with van der Waals surface area (Å²) in [6.07, 6.45) is 4.99. The first-order chi connectivity index (χ1) is 12.9. The second-order valence-corrected chi connectivity index (χ2v) is 7.30. The first-order valence-corrected chi connectivity index (χ1v) is 9.44. The van der Waals surface area contributed by atoms with Gasteiger partial charge in [-0.15, -0.1) is 0 Å². The average molecular weight is 371 g/mol. The maximum atomic E-state index is 12.5. The fourth-order valence-electron chi connectivity index (χ4n) is 3.79. The molecule has 0 unspecified atom stereocenters. The summed E-state index contributed by atoms with van der Waals surface area (Å²) in [5, 5.41) is 12.9. The number of carbonyl (C=O) groups is 2. The molecule has 0 aliphatic heterocycles. The van der Waals surface area contributed by atoms with Crippen LogP contribution in [0.25, 0.3) is 10.9 Å². The fraction of sp³-hybridized carbons (Fsp3) is 0.500. The second-order valence-electron chi connectivity index (χ2n) is 7.30. The summed E-state index contributed by atoms with van der Waals surface area (Å²) < 4.78 is 1.39. The van der Waals surface area contributed by atoms with Gasteiger partial charge in [-0.25, -0.2) is 9.78 Å². The number of para-hydroxylation sites is 1. The standard InChI is InChI=1S/C20H25N3O4/c1-2-14-7-10-20(11-8-14,19(26)27)22-17(24)9-12-23-13-21-16-6-4-3-5-15(16)18(23)25/h3-6,13-14H,2,7-12H2,1H3,(H,22,24)(H,26,27). The molecule has 7 nitrogen and oxygen atoms in total. The lowest BCUT2D eigenvalue weighted by molar-refractivity contribution is -0.149. The van der Waals surface area contributed by atoms with Crippen molar-refractivity contribution in [1.29, 1.82) is 0 Å². The van der Waals surface area contributed by atoms with Gasteiger partial charge in [-0.3, -0.25) is 14.2 Å². The molecule has 1 saturated carbocycles. The molecule has 1 fully saturated rings. The molecule has 0 radical (unpaired) electrons. The molecule has 1 amide bonds. The van der Waals surface area contributed by atoms with E-state index >= 15 is 0 Å². The van der Waals surface area contributed by atoms with E-state index in [0.717, 1.165) is 19.3 Å². The van der Waals surface area contributed by atoms with E-state index in [1.54, 1.807) is 18.2 Å². The van der Waals surface area contributed by atoms with Gasteiger partial charge >= 0.3 is 5.97 Å². The number of nitrogens with one attached hydrogen (secondary N) is 1. The second kappa shape index (κ2) is 7.90. The Morgan fingerprint density at radius 1 is 1.30 bits per heavy atom. The molecule has 1 aliphatic carbocycles. The number of amides is 1. The van der Waals surface area contributed by atoms with E-state index in [0.29, 0.717) is 29.7 Å². The summed E-state index contributed by atoms with van der Waals surface area (Å²) in [5.74, 6) is -0.807. The molecule has 0 atom stereocenters. The number of hydrogen-bond donors (Lipinski definition) is 2. The van der Waals surface area contributed by atoms with Crippen molar-refractivity contribution >= 4 is 22.8 Å². The smallest absolute Gasteiger partial charge is 0.329 e. The van der Waals surface area contributed by atoms with Crippen LogP contribution in [0.4, 0.5) is 0 Å². The van der Waals surface area contributed by atoms with Gasteiger partial charge in [-0.2, -0.15) is 0 Å². The number of aliphatic carboxylic acids is 1. The molecular formula is C20H25N3O4. The lowest BCUT2D eigenvalue weighted by Crippen LogP contribution is -2.56. The van der Waals surface area contributed by atoms with E-state index in [2.05, 4.69) is 17.2 Å². The maximum Gasteiger partial charge on any atom is 0.329 e. The Morgan fingerprint density at radius 3 is 2.67 bits per heavy atom. The van der Waals surface area contributed by atoms with Gasteiger partial charge < -0.3 is 10.4 Å². The van der Waals surface area contributed by atoms with Crippen molar-refractivity contribution in [3.63, 3.8) is 0 Å². The van der Waals surface area contributed by atoms with Crippen molar-refractivity contribution in [2.45, 2.75) is 57.5 Å². The topological polar surface area (TPSA) is 101 Å². The molecule has 0 saturated heterocycles. The summed E-state index contributed by atoms with van der Waals surface area (Å²) >= 11 is 0. The number of carboxylic acids is 1. The molecule has 7 heteroatoms. The Balaban J connectivity index is 1.66. The van der Waals surface area contributed by atoms with Gasteiger partial charge in [0.05, 0.1) is 17.2 Å². The zero-order valence-corrected chi connectivity index (χ0v) is 15.5. The van der Waals surface area contributed by atoms with Gasteiger partial charge in [0, 0.05) is 13.0 Å². The van der Waals surface area contributed by atoms with Gasteiger partial charge in [0.1, 0.15) is 5.54 Å². The van der Waals surface area contributed by atoms with E-state index < -0.39 is 11.5 Å². The molecule has 0 spiro atoms. The predicted molar refractivity (Wildman–Crippen MR) is 101 cm³/mol. The van der Waals surface area contributed by atoms with Gasteiger partial charge in [0.2, 0.25) is 5.91 Å². The van der Waals surface area contributed by atoms with Crippen molar-refractivity contribution in [3.05, 3.63) is 40.9 Å².